The first-order chi connectivity index (χ1) is 10.1. The van der Waals surface area contributed by atoms with Gasteiger partial charge in [-0.2, -0.15) is 0 Å². The highest BCUT2D eigenvalue weighted by Gasteiger charge is 2.39. The molecule has 4 N–H and O–H groups in total. The maximum Gasteiger partial charge on any atom is 0.416 e. The summed E-state index contributed by atoms with van der Waals surface area (Å²) in [6, 6.07) is -0.699. The van der Waals surface area contributed by atoms with Crippen LogP contribution < -0.4 is 5.32 Å². The smallest absolute Gasteiger partial charge is 0.416 e. The summed E-state index contributed by atoms with van der Waals surface area (Å²) in [5.74, 6) is 0. The van der Waals surface area contributed by atoms with Gasteiger partial charge in [0.15, 0.2) is 5.11 Å². The number of nitrogens with zero attached hydrogens (tertiary/aromatic N) is 1. The Morgan fingerprint density at radius 1 is 1.41 bits per heavy atom. The number of hydrogen-bond acceptors (Lipinski definition) is 7. The third-order valence-electron chi connectivity index (χ3n) is 3.09. The summed E-state index contributed by atoms with van der Waals surface area (Å²) in [7, 11) is 1.44. The lowest BCUT2D eigenvalue weighted by Crippen LogP contribution is -2.61. The van der Waals surface area contributed by atoms with E-state index in [4.69, 9.17) is 26.8 Å². The van der Waals surface area contributed by atoms with Crippen molar-refractivity contribution in [1.82, 2.24) is 10.2 Å². The largest absolute Gasteiger partial charge is 0.443 e. The second kappa shape index (κ2) is 7.51. The lowest BCUT2D eigenvalue weighted by Gasteiger charge is -2.38. The Balaban J connectivity index is 2.59. The van der Waals surface area contributed by atoms with Crippen LogP contribution in [0.2, 0.25) is 0 Å². The molecule has 1 heterocycles. The van der Waals surface area contributed by atoms with E-state index in [0.717, 1.165) is 4.90 Å². The number of amides is 1. The molecule has 0 spiro atoms. The van der Waals surface area contributed by atoms with Gasteiger partial charge in [0.2, 0.25) is 0 Å². The van der Waals surface area contributed by atoms with E-state index in [0.29, 0.717) is 0 Å². The molecule has 1 rings (SSSR count). The number of thiocarbonyl (C=S) groups is 1. The van der Waals surface area contributed by atoms with Crippen LogP contribution in [0.3, 0.4) is 0 Å². The molecule has 1 aliphatic heterocycles. The number of hydrogen-bond donors (Lipinski definition) is 4. The Bertz CT molecular complexity index is 414. The van der Waals surface area contributed by atoms with Crippen molar-refractivity contribution in [3.63, 3.8) is 0 Å². The number of carbonyl (C=O) groups excluding carboxylic acids is 1. The van der Waals surface area contributed by atoms with Crippen LogP contribution in [-0.4, -0.2) is 81.6 Å². The Kier molecular flexibility index (Phi) is 6.50. The van der Waals surface area contributed by atoms with Crippen molar-refractivity contribution in [1.29, 1.82) is 0 Å². The van der Waals surface area contributed by atoms with Gasteiger partial charge >= 0.3 is 6.09 Å². The van der Waals surface area contributed by atoms with Crippen LogP contribution >= 0.6 is 12.2 Å². The predicted molar refractivity (Wildman–Crippen MR) is 82.4 cm³/mol. The molecule has 0 aromatic rings. The van der Waals surface area contributed by atoms with Crippen LogP contribution in [0.4, 0.5) is 4.79 Å². The quantitative estimate of drug-likeness (QED) is 0.486. The molecular formula is C13H24N2O6S. The summed E-state index contributed by atoms with van der Waals surface area (Å²) in [6.07, 6.45) is -3.91. The van der Waals surface area contributed by atoms with E-state index in [1.807, 2.05) is 0 Å². The average Bonchev–Trinajstić information content (AvgIpc) is 2.41. The lowest BCUT2D eigenvalue weighted by molar-refractivity contribution is -0.159. The number of ether oxygens (including phenoxy) is 2. The first-order valence-electron chi connectivity index (χ1n) is 6.92. The maximum absolute atomic E-state index is 11.9. The van der Waals surface area contributed by atoms with E-state index in [1.54, 1.807) is 20.8 Å². The van der Waals surface area contributed by atoms with Crippen LogP contribution in [0.1, 0.15) is 20.8 Å². The van der Waals surface area contributed by atoms with Gasteiger partial charge in [0, 0.05) is 7.05 Å². The van der Waals surface area contributed by atoms with Crippen LogP contribution in [-0.2, 0) is 9.47 Å². The summed E-state index contributed by atoms with van der Waals surface area (Å²) >= 11 is 5.09. The van der Waals surface area contributed by atoms with E-state index in [9.17, 15) is 15.0 Å². The molecule has 1 aliphatic rings. The van der Waals surface area contributed by atoms with Crippen LogP contribution in [0.15, 0.2) is 0 Å². The standard InChI is InChI=1S/C13H24N2O6S/c1-13(2,3)21-12(19)15(4)11(22)14-7-6-20-8(5-16)10(18)9(7)17/h7-10,16-18H,5-6H2,1-4H3,(H,14,22). The monoisotopic (exact) mass is 336 g/mol. The number of rotatable bonds is 2. The van der Waals surface area contributed by atoms with Gasteiger partial charge in [0.05, 0.1) is 19.3 Å². The van der Waals surface area contributed by atoms with Gasteiger partial charge in [-0.25, -0.2) is 4.79 Å². The fourth-order valence-corrected chi connectivity index (χ4v) is 2.06. The molecule has 0 aliphatic carbocycles. The molecule has 1 saturated heterocycles. The second-order valence-electron chi connectivity index (χ2n) is 6.13. The second-order valence-corrected chi connectivity index (χ2v) is 6.52. The Morgan fingerprint density at radius 2 is 2.00 bits per heavy atom. The maximum atomic E-state index is 11.9. The minimum absolute atomic E-state index is 0.0335. The van der Waals surface area contributed by atoms with Crippen molar-refractivity contribution < 1.29 is 29.6 Å². The third kappa shape index (κ3) is 5.03. The van der Waals surface area contributed by atoms with Crippen molar-refractivity contribution >= 4 is 23.4 Å². The summed E-state index contributed by atoms with van der Waals surface area (Å²) in [4.78, 5) is 13.0. The van der Waals surface area contributed by atoms with Gasteiger partial charge in [0.25, 0.3) is 0 Å². The van der Waals surface area contributed by atoms with Gasteiger partial charge in [-0.3, -0.25) is 4.90 Å². The third-order valence-corrected chi connectivity index (χ3v) is 3.49. The Hall–Kier alpha value is -1.00. The number of aliphatic hydroxyl groups is 3. The molecule has 4 unspecified atom stereocenters. The fraction of sp³-hybridized carbons (Fsp3) is 0.846. The van der Waals surface area contributed by atoms with Crippen molar-refractivity contribution in [2.75, 3.05) is 20.3 Å². The van der Waals surface area contributed by atoms with Gasteiger partial charge in [-0.05, 0) is 33.0 Å². The normalized spacial score (nSPS) is 28.9. The summed E-state index contributed by atoms with van der Waals surface area (Å²) < 4.78 is 10.4. The number of aliphatic hydroxyl groups excluding tert-OH is 3. The van der Waals surface area contributed by atoms with Crippen molar-refractivity contribution in [2.24, 2.45) is 0 Å². The summed E-state index contributed by atoms with van der Waals surface area (Å²) in [6.45, 7) is 4.84. The fourth-order valence-electron chi connectivity index (χ4n) is 1.84. The lowest BCUT2D eigenvalue weighted by atomic mass is 9.98. The first kappa shape index (κ1) is 19.0. The van der Waals surface area contributed by atoms with E-state index in [1.165, 1.54) is 7.05 Å². The molecule has 0 aromatic carbocycles. The first-order valence-corrected chi connectivity index (χ1v) is 7.33. The molecule has 8 nitrogen and oxygen atoms in total. The van der Waals surface area contributed by atoms with Gasteiger partial charge in [-0.15, -0.1) is 0 Å². The van der Waals surface area contributed by atoms with Crippen molar-refractivity contribution in [3.8, 4) is 0 Å². The van der Waals surface area contributed by atoms with Gasteiger partial charge in [0.1, 0.15) is 23.9 Å². The SMILES string of the molecule is CN(C(=O)OC(C)(C)C)C(=S)NC1COC(CO)C(O)C1O. The average molecular weight is 336 g/mol. The predicted octanol–water partition coefficient (Wildman–Crippen LogP) is -0.791. The molecule has 0 aromatic heterocycles. The summed E-state index contributed by atoms with van der Waals surface area (Å²) in [5, 5.41) is 31.6. The number of carbonyl (C=O) groups is 1. The van der Waals surface area contributed by atoms with E-state index in [-0.39, 0.29) is 11.7 Å². The highest BCUT2D eigenvalue weighted by molar-refractivity contribution is 7.80. The zero-order chi connectivity index (χ0) is 17.1. The van der Waals surface area contributed by atoms with Gasteiger partial charge < -0.3 is 30.1 Å². The molecule has 0 radical (unpaired) electrons. The summed E-state index contributed by atoms with van der Waals surface area (Å²) in [5.41, 5.74) is -0.654. The van der Waals surface area contributed by atoms with E-state index < -0.39 is 42.7 Å². The minimum Gasteiger partial charge on any atom is -0.443 e. The van der Waals surface area contributed by atoms with Crippen LogP contribution in [0, 0.1) is 0 Å². The minimum atomic E-state index is -1.24. The van der Waals surface area contributed by atoms with E-state index in [2.05, 4.69) is 5.32 Å². The van der Waals surface area contributed by atoms with Crippen molar-refractivity contribution in [2.45, 2.75) is 50.7 Å². The molecule has 22 heavy (non-hydrogen) atoms. The van der Waals surface area contributed by atoms with Crippen molar-refractivity contribution in [3.05, 3.63) is 0 Å². The molecule has 128 valence electrons. The van der Waals surface area contributed by atoms with Crippen LogP contribution in [0.25, 0.3) is 0 Å². The number of nitrogens with one attached hydrogen (secondary N) is 1. The highest BCUT2D eigenvalue weighted by atomic mass is 32.1. The Labute approximate surface area is 135 Å². The molecule has 0 saturated carbocycles. The molecule has 1 fully saturated rings. The molecule has 0 bridgehead atoms. The highest BCUT2D eigenvalue weighted by Crippen LogP contribution is 2.16. The van der Waals surface area contributed by atoms with Crippen LogP contribution in [0.5, 0.6) is 0 Å². The van der Waals surface area contributed by atoms with E-state index >= 15 is 0 Å². The zero-order valence-corrected chi connectivity index (χ0v) is 14.0. The van der Waals surface area contributed by atoms with Gasteiger partial charge in [-0.1, -0.05) is 0 Å². The molecular weight excluding hydrogens is 312 g/mol. The zero-order valence-electron chi connectivity index (χ0n) is 13.1. The topological polar surface area (TPSA) is 111 Å². The molecule has 1 amide bonds. The molecule has 4 atom stereocenters. The molecule has 9 heteroatoms. The Morgan fingerprint density at radius 3 is 2.50 bits per heavy atom.